The van der Waals surface area contributed by atoms with Crippen molar-refractivity contribution in [2.45, 2.75) is 0 Å². The summed E-state index contributed by atoms with van der Waals surface area (Å²) < 4.78 is 11.2. The van der Waals surface area contributed by atoms with Gasteiger partial charge in [-0.05, 0) is 24.3 Å². The molecule has 6 heteroatoms. The molecule has 1 aliphatic heterocycles. The molecule has 0 saturated carbocycles. The molecule has 1 fully saturated rings. The van der Waals surface area contributed by atoms with Gasteiger partial charge in [-0.2, -0.15) is 0 Å². The van der Waals surface area contributed by atoms with Crippen LogP contribution >= 0.6 is 0 Å². The fourth-order valence-corrected chi connectivity index (χ4v) is 2.78. The Morgan fingerprint density at radius 2 is 1.82 bits per heavy atom. The second-order valence-electron chi connectivity index (χ2n) is 3.86. The van der Waals surface area contributed by atoms with E-state index in [1.807, 2.05) is 0 Å². The highest BCUT2D eigenvalue weighted by Gasteiger charge is 2.20. The molecule has 1 aromatic rings. The lowest BCUT2D eigenvalue weighted by Crippen LogP contribution is -2.41. The average Bonchev–Trinajstić information content (AvgIpc) is 2.39. The summed E-state index contributed by atoms with van der Waals surface area (Å²) in [6.45, 7) is 1.14. The molecule has 17 heavy (non-hydrogen) atoms. The Kier molecular flexibility index (Phi) is 3.75. The van der Waals surface area contributed by atoms with Crippen LogP contribution in [0.4, 0.5) is 5.69 Å². The molecule has 1 aliphatic rings. The van der Waals surface area contributed by atoms with Gasteiger partial charge in [-0.3, -0.25) is 14.8 Å². The Morgan fingerprint density at radius 1 is 1.24 bits per heavy atom. The topological polar surface area (TPSA) is 75.4 Å². The summed E-state index contributed by atoms with van der Waals surface area (Å²) in [4.78, 5) is 13.8. The number of anilines is 1. The van der Waals surface area contributed by atoms with E-state index in [4.69, 9.17) is 5.84 Å². The maximum absolute atomic E-state index is 12.1. The van der Waals surface area contributed by atoms with Gasteiger partial charge in [-0.25, -0.2) is 0 Å². The van der Waals surface area contributed by atoms with E-state index in [1.54, 1.807) is 29.2 Å². The zero-order chi connectivity index (χ0) is 12.3. The Balaban J connectivity index is 2.05. The molecule has 1 heterocycles. The molecule has 0 aromatic heterocycles. The smallest absolute Gasteiger partial charge is 0.253 e. The van der Waals surface area contributed by atoms with Gasteiger partial charge in [-0.15, -0.1) is 0 Å². The number of nitrogens with two attached hydrogens (primary N) is 1. The van der Waals surface area contributed by atoms with Crippen LogP contribution in [0.2, 0.25) is 0 Å². The van der Waals surface area contributed by atoms with Crippen LogP contribution in [-0.4, -0.2) is 39.6 Å². The second kappa shape index (κ2) is 5.29. The third-order valence-electron chi connectivity index (χ3n) is 2.76. The molecule has 2 rings (SSSR count). The number of hydrogen-bond acceptors (Lipinski definition) is 4. The first-order chi connectivity index (χ1) is 8.20. The lowest BCUT2D eigenvalue weighted by Gasteiger charge is -2.26. The van der Waals surface area contributed by atoms with Gasteiger partial charge in [-0.1, -0.05) is 0 Å². The van der Waals surface area contributed by atoms with Crippen LogP contribution in [0.25, 0.3) is 0 Å². The Labute approximate surface area is 102 Å². The molecule has 5 nitrogen and oxygen atoms in total. The highest BCUT2D eigenvalue weighted by atomic mass is 32.2. The van der Waals surface area contributed by atoms with Crippen molar-refractivity contribution in [3.05, 3.63) is 29.8 Å². The molecule has 3 N–H and O–H groups in total. The third kappa shape index (κ3) is 2.83. The van der Waals surface area contributed by atoms with E-state index >= 15 is 0 Å². The van der Waals surface area contributed by atoms with Crippen molar-refractivity contribution in [1.82, 2.24) is 4.90 Å². The molecule has 0 aliphatic carbocycles. The van der Waals surface area contributed by atoms with Crippen LogP contribution in [0, 0.1) is 0 Å². The van der Waals surface area contributed by atoms with E-state index in [1.165, 1.54) is 0 Å². The maximum Gasteiger partial charge on any atom is 0.253 e. The first-order valence-corrected chi connectivity index (χ1v) is 6.90. The molecule has 0 bridgehead atoms. The maximum atomic E-state index is 12.1. The first kappa shape index (κ1) is 12.1. The standard InChI is InChI=1S/C11H15N3O2S/c12-13-10-3-1-9(2-4-10)11(15)14-5-7-17(16)8-6-14/h1-4,13H,5-8,12H2. The van der Waals surface area contributed by atoms with Crippen LogP contribution in [-0.2, 0) is 10.8 Å². The fraction of sp³-hybridized carbons (Fsp3) is 0.364. The van der Waals surface area contributed by atoms with Crippen LogP contribution < -0.4 is 11.3 Å². The predicted molar refractivity (Wildman–Crippen MR) is 68.0 cm³/mol. The van der Waals surface area contributed by atoms with Crippen molar-refractivity contribution in [3.63, 3.8) is 0 Å². The first-order valence-electron chi connectivity index (χ1n) is 5.41. The van der Waals surface area contributed by atoms with Gasteiger partial charge < -0.3 is 10.3 Å². The van der Waals surface area contributed by atoms with Crippen molar-refractivity contribution in [1.29, 1.82) is 0 Å². The molecular formula is C11H15N3O2S. The number of hydrogen-bond donors (Lipinski definition) is 2. The van der Waals surface area contributed by atoms with Gasteiger partial charge in [0.25, 0.3) is 5.91 Å². The van der Waals surface area contributed by atoms with E-state index < -0.39 is 10.8 Å². The van der Waals surface area contributed by atoms with Crippen molar-refractivity contribution < 1.29 is 9.00 Å². The van der Waals surface area contributed by atoms with Gasteiger partial charge in [0.15, 0.2) is 0 Å². The Morgan fingerprint density at radius 3 is 2.35 bits per heavy atom. The summed E-state index contributed by atoms with van der Waals surface area (Å²) in [5.41, 5.74) is 3.91. The van der Waals surface area contributed by atoms with Crippen molar-refractivity contribution in [3.8, 4) is 0 Å². The second-order valence-corrected chi connectivity index (χ2v) is 5.56. The molecule has 1 aromatic carbocycles. The number of benzene rings is 1. The minimum absolute atomic E-state index is 0.00901. The normalized spacial score (nSPS) is 16.9. The molecule has 0 spiro atoms. The largest absolute Gasteiger partial charge is 0.337 e. The van der Waals surface area contributed by atoms with Gasteiger partial charge in [0.1, 0.15) is 0 Å². The molecule has 92 valence electrons. The Bertz CT molecular complexity index is 423. The van der Waals surface area contributed by atoms with Gasteiger partial charge in [0.05, 0.1) is 0 Å². The number of nitrogens with one attached hydrogen (secondary N) is 1. The van der Waals surface area contributed by atoms with E-state index in [9.17, 15) is 9.00 Å². The minimum atomic E-state index is -0.759. The van der Waals surface area contributed by atoms with Crippen molar-refractivity contribution in [2.75, 3.05) is 30.0 Å². The van der Waals surface area contributed by atoms with Crippen molar-refractivity contribution >= 4 is 22.4 Å². The number of carbonyl (C=O) groups is 1. The molecular weight excluding hydrogens is 238 g/mol. The fourth-order valence-electron chi connectivity index (χ4n) is 1.73. The highest BCUT2D eigenvalue weighted by molar-refractivity contribution is 7.85. The summed E-state index contributed by atoms with van der Waals surface area (Å²) >= 11 is 0. The molecule has 1 amide bonds. The number of nitrogen functional groups attached to an aromatic ring is 1. The third-order valence-corrected chi connectivity index (χ3v) is 4.04. The number of hydrazine groups is 1. The molecule has 0 radical (unpaired) electrons. The van der Waals surface area contributed by atoms with Gasteiger partial charge in [0.2, 0.25) is 0 Å². The molecule has 0 unspecified atom stereocenters. The summed E-state index contributed by atoms with van der Waals surface area (Å²) in [5, 5.41) is 0. The highest BCUT2D eigenvalue weighted by Crippen LogP contribution is 2.12. The SMILES string of the molecule is NNc1ccc(C(=O)N2CCS(=O)CC2)cc1. The summed E-state index contributed by atoms with van der Waals surface area (Å²) in [6.07, 6.45) is 0. The monoisotopic (exact) mass is 253 g/mol. The lowest BCUT2D eigenvalue weighted by atomic mass is 10.2. The quantitative estimate of drug-likeness (QED) is 0.582. The van der Waals surface area contributed by atoms with Crippen LogP contribution in [0.3, 0.4) is 0 Å². The van der Waals surface area contributed by atoms with E-state index in [-0.39, 0.29) is 5.91 Å². The van der Waals surface area contributed by atoms with Crippen molar-refractivity contribution in [2.24, 2.45) is 5.84 Å². The Hall–Kier alpha value is -1.40. The molecule has 1 saturated heterocycles. The summed E-state index contributed by atoms with van der Waals surface area (Å²) in [7, 11) is -0.759. The zero-order valence-electron chi connectivity index (χ0n) is 9.39. The van der Waals surface area contributed by atoms with Crippen LogP contribution in [0.15, 0.2) is 24.3 Å². The summed E-state index contributed by atoms with van der Waals surface area (Å²) in [6, 6.07) is 7.00. The van der Waals surface area contributed by atoms with E-state index in [0.717, 1.165) is 5.69 Å². The van der Waals surface area contributed by atoms with Gasteiger partial charge >= 0.3 is 0 Å². The van der Waals surface area contributed by atoms with E-state index in [2.05, 4.69) is 5.43 Å². The average molecular weight is 253 g/mol. The predicted octanol–water partition coefficient (Wildman–Crippen LogP) is 0.177. The van der Waals surface area contributed by atoms with Crippen LogP contribution in [0.5, 0.6) is 0 Å². The molecule has 0 atom stereocenters. The lowest BCUT2D eigenvalue weighted by molar-refractivity contribution is 0.0771. The number of rotatable bonds is 2. The van der Waals surface area contributed by atoms with Gasteiger partial charge in [0, 0.05) is 46.6 Å². The zero-order valence-corrected chi connectivity index (χ0v) is 10.2. The minimum Gasteiger partial charge on any atom is -0.337 e. The number of amides is 1. The number of nitrogens with zero attached hydrogens (tertiary/aromatic N) is 1. The van der Waals surface area contributed by atoms with E-state index in [0.29, 0.717) is 30.2 Å². The summed E-state index contributed by atoms with van der Waals surface area (Å²) in [5.74, 6) is 6.40. The van der Waals surface area contributed by atoms with Crippen LogP contribution in [0.1, 0.15) is 10.4 Å². The number of carbonyl (C=O) groups excluding carboxylic acids is 1.